The fourth-order valence-corrected chi connectivity index (χ4v) is 2.34. The lowest BCUT2D eigenvalue weighted by Crippen LogP contribution is -2.08. The largest absolute Gasteiger partial charge is 0.430 e. The molecule has 0 saturated carbocycles. The van der Waals surface area contributed by atoms with Gasteiger partial charge in [-0.1, -0.05) is 29.8 Å². The molecule has 0 amide bonds. The Morgan fingerprint density at radius 1 is 1.14 bits per heavy atom. The first-order valence-corrected chi connectivity index (χ1v) is 6.57. The van der Waals surface area contributed by atoms with Crippen LogP contribution in [0.15, 0.2) is 51.8 Å². The van der Waals surface area contributed by atoms with E-state index < -0.39 is 0 Å². The summed E-state index contributed by atoms with van der Waals surface area (Å²) in [5.74, 6) is 0.527. The summed E-state index contributed by atoms with van der Waals surface area (Å²) >= 11 is 0. The number of H-pyrrole nitrogens is 1. The molecule has 3 heterocycles. The van der Waals surface area contributed by atoms with E-state index in [0.29, 0.717) is 17.1 Å². The maximum absolute atomic E-state index is 12.2. The van der Waals surface area contributed by atoms with Crippen molar-refractivity contribution in [2.24, 2.45) is 0 Å². The third kappa shape index (κ3) is 1.82. The predicted octanol–water partition coefficient (Wildman–Crippen LogP) is 3.04. The molecule has 3 aromatic heterocycles. The molecule has 0 bridgehead atoms. The summed E-state index contributed by atoms with van der Waals surface area (Å²) in [5, 5.41) is 0.743. The second-order valence-electron chi connectivity index (χ2n) is 4.92. The van der Waals surface area contributed by atoms with E-state index in [9.17, 15) is 4.79 Å². The second-order valence-corrected chi connectivity index (χ2v) is 4.92. The minimum absolute atomic E-state index is 0.208. The first kappa shape index (κ1) is 11.8. The van der Waals surface area contributed by atoms with Crippen molar-refractivity contribution in [3.05, 3.63) is 58.5 Å². The number of furan rings is 1. The number of pyridine rings is 1. The average Bonchev–Trinajstić information content (AvgIpc) is 2.87. The molecule has 0 saturated heterocycles. The summed E-state index contributed by atoms with van der Waals surface area (Å²) in [6, 6.07) is 11.5. The number of benzene rings is 1. The van der Waals surface area contributed by atoms with Gasteiger partial charge in [0, 0.05) is 11.8 Å². The molecule has 5 nitrogen and oxygen atoms in total. The third-order valence-electron chi connectivity index (χ3n) is 3.43. The van der Waals surface area contributed by atoms with E-state index in [4.69, 9.17) is 4.42 Å². The highest BCUT2D eigenvalue weighted by molar-refractivity contribution is 6.00. The van der Waals surface area contributed by atoms with Crippen LogP contribution < -0.4 is 5.56 Å². The van der Waals surface area contributed by atoms with Crippen molar-refractivity contribution in [2.75, 3.05) is 0 Å². The van der Waals surface area contributed by atoms with Gasteiger partial charge in [0.2, 0.25) is 11.3 Å². The van der Waals surface area contributed by atoms with Gasteiger partial charge < -0.3 is 9.40 Å². The van der Waals surface area contributed by atoms with Crippen LogP contribution in [0.2, 0.25) is 0 Å². The number of aromatic amines is 1. The maximum Gasteiger partial charge on any atom is 0.294 e. The monoisotopic (exact) mass is 277 g/mol. The Morgan fingerprint density at radius 2 is 1.95 bits per heavy atom. The number of hydrogen-bond acceptors (Lipinski definition) is 4. The maximum atomic E-state index is 12.2. The van der Waals surface area contributed by atoms with E-state index in [1.807, 2.05) is 37.3 Å². The van der Waals surface area contributed by atoms with Gasteiger partial charge >= 0.3 is 0 Å². The van der Waals surface area contributed by atoms with Crippen LogP contribution in [-0.4, -0.2) is 15.0 Å². The number of aromatic nitrogens is 3. The minimum atomic E-state index is -0.298. The number of nitrogens with zero attached hydrogens (tertiary/aromatic N) is 2. The molecule has 4 rings (SSSR count). The average molecular weight is 277 g/mol. The molecule has 0 unspecified atom stereocenters. The van der Waals surface area contributed by atoms with Crippen molar-refractivity contribution >= 4 is 22.2 Å². The van der Waals surface area contributed by atoms with Crippen LogP contribution in [-0.2, 0) is 0 Å². The highest BCUT2D eigenvalue weighted by Gasteiger charge is 2.14. The highest BCUT2D eigenvalue weighted by atomic mass is 16.3. The standard InChI is InChI=1S/C16H11N3O2/c1-9-4-6-10(7-5-9)14-18-12-11-3-2-8-17-16(11)21-13(12)15(20)19-14/h2-8H,1H3,(H,18,19,20). The van der Waals surface area contributed by atoms with Crippen LogP contribution in [0.3, 0.4) is 0 Å². The molecule has 0 atom stereocenters. The van der Waals surface area contributed by atoms with Crippen molar-refractivity contribution in [1.82, 2.24) is 15.0 Å². The highest BCUT2D eigenvalue weighted by Crippen LogP contribution is 2.24. The lowest BCUT2D eigenvalue weighted by molar-refractivity contribution is 0.647. The van der Waals surface area contributed by atoms with Crippen molar-refractivity contribution in [2.45, 2.75) is 6.92 Å². The molecule has 4 aromatic rings. The number of nitrogens with one attached hydrogen (secondary N) is 1. The molecule has 102 valence electrons. The van der Waals surface area contributed by atoms with Gasteiger partial charge in [-0.25, -0.2) is 9.97 Å². The quantitative estimate of drug-likeness (QED) is 0.580. The Labute approximate surface area is 119 Å². The zero-order valence-electron chi connectivity index (χ0n) is 11.3. The second kappa shape index (κ2) is 4.28. The van der Waals surface area contributed by atoms with Crippen LogP contribution in [0.1, 0.15) is 5.56 Å². The molecular formula is C16H11N3O2. The summed E-state index contributed by atoms with van der Waals surface area (Å²) in [4.78, 5) is 23.6. The Hall–Kier alpha value is -2.95. The molecule has 1 aromatic carbocycles. The van der Waals surface area contributed by atoms with Crippen molar-refractivity contribution < 1.29 is 4.42 Å². The van der Waals surface area contributed by atoms with E-state index in [2.05, 4.69) is 15.0 Å². The molecule has 21 heavy (non-hydrogen) atoms. The summed E-state index contributed by atoms with van der Waals surface area (Å²) in [6.45, 7) is 2.01. The van der Waals surface area contributed by atoms with Crippen LogP contribution in [0.4, 0.5) is 0 Å². The topological polar surface area (TPSA) is 71.8 Å². The molecule has 0 aliphatic carbocycles. The van der Waals surface area contributed by atoms with E-state index in [1.54, 1.807) is 12.3 Å². The summed E-state index contributed by atoms with van der Waals surface area (Å²) in [7, 11) is 0. The fourth-order valence-electron chi connectivity index (χ4n) is 2.34. The summed E-state index contributed by atoms with van der Waals surface area (Å²) in [6.07, 6.45) is 1.62. The number of aryl methyl sites for hydroxylation is 1. The smallest absolute Gasteiger partial charge is 0.294 e. The molecule has 0 fully saturated rings. The fraction of sp³-hybridized carbons (Fsp3) is 0.0625. The van der Waals surface area contributed by atoms with E-state index >= 15 is 0 Å². The molecule has 1 N–H and O–H groups in total. The van der Waals surface area contributed by atoms with Gasteiger partial charge in [-0.2, -0.15) is 0 Å². The molecular weight excluding hydrogens is 266 g/mol. The number of rotatable bonds is 1. The normalized spacial score (nSPS) is 11.3. The first-order valence-electron chi connectivity index (χ1n) is 6.57. The van der Waals surface area contributed by atoms with Crippen LogP contribution in [0, 0.1) is 6.92 Å². The Kier molecular flexibility index (Phi) is 2.41. The van der Waals surface area contributed by atoms with Gasteiger partial charge in [0.05, 0.1) is 5.39 Å². The van der Waals surface area contributed by atoms with Crippen LogP contribution in [0.5, 0.6) is 0 Å². The van der Waals surface area contributed by atoms with Gasteiger partial charge in [0.1, 0.15) is 11.3 Å². The molecule has 0 radical (unpaired) electrons. The molecule has 5 heteroatoms. The van der Waals surface area contributed by atoms with Crippen molar-refractivity contribution in [3.8, 4) is 11.4 Å². The van der Waals surface area contributed by atoms with Gasteiger partial charge in [0.15, 0.2) is 0 Å². The molecule has 0 aliphatic heterocycles. The van der Waals surface area contributed by atoms with E-state index in [-0.39, 0.29) is 11.1 Å². The Morgan fingerprint density at radius 3 is 2.76 bits per heavy atom. The zero-order chi connectivity index (χ0) is 14.4. The Bertz CT molecular complexity index is 1010. The SMILES string of the molecule is Cc1ccc(-c2nc3c(oc4ncccc43)c(=O)[nH]2)cc1. The van der Waals surface area contributed by atoms with E-state index in [1.165, 1.54) is 0 Å². The van der Waals surface area contributed by atoms with Crippen LogP contribution >= 0.6 is 0 Å². The lowest BCUT2D eigenvalue weighted by Gasteiger charge is -2.01. The zero-order valence-corrected chi connectivity index (χ0v) is 11.3. The Balaban J connectivity index is 2.05. The third-order valence-corrected chi connectivity index (χ3v) is 3.43. The van der Waals surface area contributed by atoms with Crippen molar-refractivity contribution in [3.63, 3.8) is 0 Å². The number of fused-ring (bicyclic) bond motifs is 3. The lowest BCUT2D eigenvalue weighted by atomic mass is 10.1. The number of hydrogen-bond donors (Lipinski definition) is 1. The molecule has 0 aliphatic rings. The first-order chi connectivity index (χ1) is 10.2. The summed E-state index contributed by atoms with van der Waals surface area (Å²) < 4.78 is 5.48. The van der Waals surface area contributed by atoms with Gasteiger partial charge in [-0.15, -0.1) is 0 Å². The van der Waals surface area contributed by atoms with Crippen molar-refractivity contribution in [1.29, 1.82) is 0 Å². The van der Waals surface area contributed by atoms with Gasteiger partial charge in [-0.3, -0.25) is 4.79 Å². The van der Waals surface area contributed by atoms with Crippen LogP contribution in [0.25, 0.3) is 33.6 Å². The van der Waals surface area contributed by atoms with Gasteiger partial charge in [0.25, 0.3) is 5.56 Å². The summed E-state index contributed by atoms with van der Waals surface area (Å²) in [5.41, 5.74) is 2.88. The minimum Gasteiger partial charge on any atom is -0.430 e. The van der Waals surface area contributed by atoms with Gasteiger partial charge in [-0.05, 0) is 19.1 Å². The predicted molar refractivity (Wildman–Crippen MR) is 80.1 cm³/mol. The van der Waals surface area contributed by atoms with E-state index in [0.717, 1.165) is 16.5 Å². The molecule has 0 spiro atoms.